The zero-order valence-corrected chi connectivity index (χ0v) is 28.5. The minimum Gasteiger partial charge on any atom is -0.508 e. The second-order valence-corrected chi connectivity index (χ2v) is 14.6. The molecule has 48 heavy (non-hydrogen) atoms. The summed E-state index contributed by atoms with van der Waals surface area (Å²) in [4.78, 5) is 0. The van der Waals surface area contributed by atoms with Crippen LogP contribution < -0.4 is 10.1 Å². The fourth-order valence-corrected chi connectivity index (χ4v) is 8.43. The van der Waals surface area contributed by atoms with E-state index in [1.54, 1.807) is 12.1 Å². The molecule has 3 aliphatic heterocycles. The fraction of sp³-hybridized carbons (Fsp3) is 0.550. The molecule has 1 aliphatic carbocycles. The number of piperidine rings is 3. The third kappa shape index (κ3) is 8.07. The van der Waals surface area contributed by atoms with Gasteiger partial charge in [0.1, 0.15) is 29.7 Å². The smallest absolute Gasteiger partial charge is 0.121 e. The molecule has 8 nitrogen and oxygen atoms in total. The molecule has 3 saturated heterocycles. The van der Waals surface area contributed by atoms with Gasteiger partial charge in [-0.15, -0.1) is 0 Å². The molecule has 5 N–H and O–H groups in total. The highest BCUT2D eigenvalue weighted by Crippen LogP contribution is 2.42. The number of aliphatic hydroxyl groups is 3. The van der Waals surface area contributed by atoms with E-state index in [0.717, 1.165) is 53.7 Å². The Morgan fingerprint density at radius 3 is 2.35 bits per heavy atom. The maximum atomic E-state index is 12.0. The average molecular weight is 660 g/mol. The predicted molar refractivity (Wildman–Crippen MR) is 186 cm³/mol. The number of aromatic hydroxyl groups is 1. The molecule has 1 unspecified atom stereocenters. The molecule has 2 bridgehead atoms. The lowest BCUT2D eigenvalue weighted by Crippen LogP contribution is -2.65. The van der Waals surface area contributed by atoms with E-state index in [1.807, 2.05) is 30.3 Å². The molecular formula is C40H55N2O6+. The summed E-state index contributed by atoms with van der Waals surface area (Å²) < 4.78 is 14.0. The maximum Gasteiger partial charge on any atom is 0.121 e. The van der Waals surface area contributed by atoms with Crippen molar-refractivity contribution in [1.29, 1.82) is 0 Å². The second kappa shape index (κ2) is 15.7. The van der Waals surface area contributed by atoms with Gasteiger partial charge in [-0.25, -0.2) is 0 Å². The third-order valence-electron chi connectivity index (χ3n) is 11.6. The number of aliphatic hydroxyl groups excluding tert-OH is 2. The SMILES string of the molecule is C[C@@H](NC[C@H](O)c1ccc(O)c(CO)c1)c1ccc(OCCC[N+]23CCC(CC2)[C@@H](OCC(O)(c2ccccc2)C2CCCC2)C3)cc1. The summed E-state index contributed by atoms with van der Waals surface area (Å²) in [5.41, 5.74) is 2.24. The molecule has 0 radical (unpaired) electrons. The standard InChI is InChI=1S/C40H54N2O6/c1-29(41-25-38(45)32-14-17-37(44)33(24-32)27-43)30-12-15-36(16-13-30)47-23-7-20-42-21-18-31(19-22-42)39(26-42)48-28-40(46,35-10-5-6-11-35)34-8-3-2-4-9-34/h2-4,8-9,12-17,24,29,31,35,38-39,41,43,45-46H,5-7,10-11,18-23,25-28H2,1H3/p+1/t29-,31?,38+,39+,40?,42?/m1/s1. The molecule has 4 fully saturated rings. The van der Waals surface area contributed by atoms with E-state index in [-0.39, 0.29) is 30.4 Å². The van der Waals surface area contributed by atoms with Crippen LogP contribution in [0.15, 0.2) is 72.8 Å². The number of benzene rings is 3. The first kappa shape index (κ1) is 34.9. The van der Waals surface area contributed by atoms with Crippen LogP contribution in [0, 0.1) is 11.8 Å². The van der Waals surface area contributed by atoms with Crippen LogP contribution in [0.2, 0.25) is 0 Å². The van der Waals surface area contributed by atoms with Crippen molar-refractivity contribution in [1.82, 2.24) is 5.32 Å². The van der Waals surface area contributed by atoms with Crippen LogP contribution in [-0.2, 0) is 16.9 Å². The van der Waals surface area contributed by atoms with Gasteiger partial charge < -0.3 is 39.7 Å². The van der Waals surface area contributed by atoms with Crippen molar-refractivity contribution in [2.45, 2.75) is 82.3 Å². The first-order chi connectivity index (χ1) is 23.3. The largest absolute Gasteiger partial charge is 0.508 e. The lowest BCUT2D eigenvalue weighted by atomic mass is 9.80. The summed E-state index contributed by atoms with van der Waals surface area (Å²) in [6.07, 6.45) is 7.35. The molecule has 3 aromatic carbocycles. The molecule has 4 atom stereocenters. The highest BCUT2D eigenvalue weighted by atomic mass is 16.5. The van der Waals surface area contributed by atoms with E-state index in [1.165, 1.54) is 44.8 Å². The van der Waals surface area contributed by atoms with Crippen LogP contribution in [0.5, 0.6) is 11.5 Å². The van der Waals surface area contributed by atoms with Gasteiger partial charge in [0.15, 0.2) is 0 Å². The molecule has 260 valence electrons. The van der Waals surface area contributed by atoms with E-state index in [9.17, 15) is 20.4 Å². The van der Waals surface area contributed by atoms with Crippen molar-refractivity contribution < 1.29 is 34.4 Å². The summed E-state index contributed by atoms with van der Waals surface area (Å²) in [5.74, 6) is 1.74. The molecule has 0 amide bonds. The van der Waals surface area contributed by atoms with Crippen molar-refractivity contribution in [3.63, 3.8) is 0 Å². The highest BCUT2D eigenvalue weighted by molar-refractivity contribution is 5.36. The van der Waals surface area contributed by atoms with Gasteiger partial charge in [-0.2, -0.15) is 0 Å². The van der Waals surface area contributed by atoms with Gasteiger partial charge in [0.05, 0.1) is 45.6 Å². The Labute approximate surface area is 285 Å². The summed E-state index contributed by atoms with van der Waals surface area (Å²) in [7, 11) is 0. The normalized spacial score (nSPS) is 25.1. The molecule has 3 heterocycles. The number of fused-ring (bicyclic) bond motifs is 3. The van der Waals surface area contributed by atoms with Crippen molar-refractivity contribution >= 4 is 0 Å². The molecule has 3 aromatic rings. The molecule has 4 aliphatic rings. The van der Waals surface area contributed by atoms with Crippen molar-refractivity contribution in [2.75, 3.05) is 45.9 Å². The quantitative estimate of drug-likeness (QED) is 0.0986. The van der Waals surface area contributed by atoms with Gasteiger partial charge in [-0.3, -0.25) is 0 Å². The Morgan fingerprint density at radius 1 is 0.938 bits per heavy atom. The summed E-state index contributed by atoms with van der Waals surface area (Å²) >= 11 is 0. The topological polar surface area (TPSA) is 111 Å². The monoisotopic (exact) mass is 659 g/mol. The number of phenols is 1. The number of nitrogens with zero attached hydrogens (tertiary/aromatic N) is 1. The molecular weight excluding hydrogens is 604 g/mol. The van der Waals surface area contributed by atoms with E-state index in [4.69, 9.17) is 9.47 Å². The van der Waals surface area contributed by atoms with Gasteiger partial charge in [0, 0.05) is 43.3 Å². The number of ether oxygens (including phenoxy) is 2. The number of nitrogens with one attached hydrogen (secondary N) is 1. The lowest BCUT2D eigenvalue weighted by molar-refractivity contribution is -0.946. The summed E-state index contributed by atoms with van der Waals surface area (Å²) in [6.45, 7) is 7.72. The first-order valence-electron chi connectivity index (χ1n) is 18.1. The minimum absolute atomic E-state index is 0.0259. The average Bonchev–Trinajstić information content (AvgIpc) is 3.69. The van der Waals surface area contributed by atoms with E-state index < -0.39 is 11.7 Å². The van der Waals surface area contributed by atoms with Crippen LogP contribution >= 0.6 is 0 Å². The van der Waals surface area contributed by atoms with Gasteiger partial charge in [0.25, 0.3) is 0 Å². The van der Waals surface area contributed by atoms with Crippen LogP contribution in [0.25, 0.3) is 0 Å². The summed E-state index contributed by atoms with van der Waals surface area (Å²) in [5, 5.41) is 45.2. The van der Waals surface area contributed by atoms with Crippen molar-refractivity contribution in [3.05, 3.63) is 95.1 Å². The Balaban J connectivity index is 0.951. The van der Waals surface area contributed by atoms with E-state index in [2.05, 4.69) is 36.5 Å². The van der Waals surface area contributed by atoms with Crippen LogP contribution in [0.1, 0.15) is 86.3 Å². The number of hydrogen-bond donors (Lipinski definition) is 5. The zero-order chi connectivity index (χ0) is 33.6. The minimum atomic E-state index is -0.911. The third-order valence-corrected chi connectivity index (χ3v) is 11.6. The van der Waals surface area contributed by atoms with Crippen molar-refractivity contribution in [3.8, 4) is 11.5 Å². The van der Waals surface area contributed by atoms with E-state index >= 15 is 0 Å². The Morgan fingerprint density at radius 2 is 1.65 bits per heavy atom. The first-order valence-corrected chi connectivity index (χ1v) is 18.1. The zero-order valence-electron chi connectivity index (χ0n) is 28.5. The van der Waals surface area contributed by atoms with Crippen LogP contribution in [0.4, 0.5) is 0 Å². The molecule has 0 spiro atoms. The summed E-state index contributed by atoms with van der Waals surface area (Å²) in [6, 6.07) is 23.2. The maximum absolute atomic E-state index is 12.0. The Hall–Kier alpha value is -2.98. The molecule has 1 saturated carbocycles. The van der Waals surface area contributed by atoms with Gasteiger partial charge >= 0.3 is 0 Å². The van der Waals surface area contributed by atoms with Crippen LogP contribution in [-0.4, -0.2) is 77.0 Å². The number of rotatable bonds is 16. The van der Waals surface area contributed by atoms with Crippen molar-refractivity contribution in [2.24, 2.45) is 11.8 Å². The number of quaternary nitrogens is 1. The molecule has 8 heteroatoms. The molecule has 0 aromatic heterocycles. The molecule has 7 rings (SSSR count). The lowest BCUT2D eigenvalue weighted by Gasteiger charge is -2.53. The van der Waals surface area contributed by atoms with Gasteiger partial charge in [-0.05, 0) is 66.6 Å². The second-order valence-electron chi connectivity index (χ2n) is 14.6. The van der Waals surface area contributed by atoms with Gasteiger partial charge in [-0.1, -0.05) is 61.4 Å². The van der Waals surface area contributed by atoms with E-state index in [0.29, 0.717) is 36.8 Å². The van der Waals surface area contributed by atoms with Gasteiger partial charge in [0.2, 0.25) is 0 Å². The highest BCUT2D eigenvalue weighted by Gasteiger charge is 2.48. The van der Waals surface area contributed by atoms with Crippen LogP contribution in [0.3, 0.4) is 0 Å². The fourth-order valence-electron chi connectivity index (χ4n) is 8.43. The predicted octanol–water partition coefficient (Wildman–Crippen LogP) is 5.74. The Bertz CT molecular complexity index is 1440. The number of hydrogen-bond acceptors (Lipinski definition) is 7. The Kier molecular flexibility index (Phi) is 11.4.